The van der Waals surface area contributed by atoms with Gasteiger partial charge in [-0.15, -0.1) is 21.5 Å². The van der Waals surface area contributed by atoms with Crippen molar-refractivity contribution in [3.8, 4) is 0 Å². The smallest absolute Gasteiger partial charge is 0.252 e. The molecule has 30 heavy (non-hydrogen) atoms. The monoisotopic (exact) mass is 453 g/mol. The zero-order valence-electron chi connectivity index (χ0n) is 15.9. The van der Waals surface area contributed by atoms with Crippen LogP contribution in [0.1, 0.15) is 22.1 Å². The second kappa shape index (κ2) is 10.5. The zero-order valence-corrected chi connectivity index (χ0v) is 18.4. The number of rotatable bonds is 9. The molecule has 5 nitrogen and oxygen atoms in total. The minimum atomic E-state index is -0.315. The van der Waals surface area contributed by atoms with E-state index in [-0.39, 0.29) is 18.6 Å². The Hall–Kier alpha value is -2.52. The first-order valence-corrected chi connectivity index (χ1v) is 12.0. The number of hydrogen-bond donors (Lipinski definition) is 1. The number of nitrogens with one attached hydrogen (secondary N) is 1. The van der Waals surface area contributed by atoms with Gasteiger partial charge in [-0.05, 0) is 22.6 Å². The van der Waals surface area contributed by atoms with Crippen molar-refractivity contribution in [2.45, 2.75) is 16.2 Å². The summed E-state index contributed by atoms with van der Waals surface area (Å²) >= 11 is 4.69. The molecular weight excluding hydrogens is 434 g/mol. The number of ether oxygens (including phenoxy) is 1. The maximum atomic E-state index is 12.4. The number of benzene rings is 2. The van der Waals surface area contributed by atoms with Crippen LogP contribution in [-0.2, 0) is 15.3 Å². The number of carbonyl (C=O) groups is 1. The van der Waals surface area contributed by atoms with E-state index in [1.165, 1.54) is 16.2 Å². The summed E-state index contributed by atoms with van der Waals surface area (Å²) in [5.41, 5.74) is 2.00. The summed E-state index contributed by atoms with van der Waals surface area (Å²) in [6.07, 6.45) is -0.315. The number of thiophene rings is 1. The lowest BCUT2D eigenvalue weighted by Gasteiger charge is -2.18. The Kier molecular flexibility index (Phi) is 7.25. The Morgan fingerprint density at radius 2 is 1.67 bits per heavy atom. The lowest BCUT2D eigenvalue weighted by molar-refractivity contribution is -0.121. The van der Waals surface area contributed by atoms with Crippen molar-refractivity contribution in [2.75, 3.05) is 11.9 Å². The van der Waals surface area contributed by atoms with Crippen LogP contribution in [0.2, 0.25) is 0 Å². The summed E-state index contributed by atoms with van der Waals surface area (Å²) in [4.78, 5) is 13.7. The average Bonchev–Trinajstić information content (AvgIpc) is 3.46. The minimum Gasteiger partial charge on any atom is -0.359 e. The molecule has 152 valence electrons. The average molecular weight is 454 g/mol. The van der Waals surface area contributed by atoms with Crippen LogP contribution in [-0.4, -0.2) is 22.7 Å². The van der Waals surface area contributed by atoms with E-state index in [0.717, 1.165) is 21.2 Å². The van der Waals surface area contributed by atoms with Crippen LogP contribution in [0.5, 0.6) is 0 Å². The van der Waals surface area contributed by atoms with Gasteiger partial charge in [-0.2, -0.15) is 0 Å². The normalized spacial score (nSPS) is 11.0. The van der Waals surface area contributed by atoms with Crippen molar-refractivity contribution in [3.05, 3.63) is 94.2 Å². The second-order valence-electron chi connectivity index (χ2n) is 6.30. The molecule has 0 saturated heterocycles. The summed E-state index contributed by atoms with van der Waals surface area (Å²) in [6.45, 7) is -0.0777. The zero-order chi connectivity index (χ0) is 20.6. The van der Waals surface area contributed by atoms with Gasteiger partial charge in [0.15, 0.2) is 4.34 Å². The van der Waals surface area contributed by atoms with Crippen molar-refractivity contribution in [1.82, 2.24) is 10.2 Å². The predicted molar refractivity (Wildman–Crippen MR) is 123 cm³/mol. The molecule has 0 saturated carbocycles. The number of aromatic nitrogens is 2. The van der Waals surface area contributed by atoms with Gasteiger partial charge < -0.3 is 4.74 Å². The second-order valence-corrected chi connectivity index (χ2v) is 9.53. The SMILES string of the molecule is O=C(COC(c1ccccc1)c1ccccc1)Nc1nnc(SCc2cccs2)s1. The van der Waals surface area contributed by atoms with Crippen LogP contribution in [0.4, 0.5) is 5.13 Å². The van der Waals surface area contributed by atoms with E-state index in [9.17, 15) is 4.79 Å². The van der Waals surface area contributed by atoms with E-state index in [2.05, 4.69) is 27.0 Å². The third-order valence-electron chi connectivity index (χ3n) is 4.16. The molecule has 4 aromatic rings. The highest BCUT2D eigenvalue weighted by Gasteiger charge is 2.17. The molecule has 0 spiro atoms. The van der Waals surface area contributed by atoms with E-state index < -0.39 is 0 Å². The number of carbonyl (C=O) groups excluding carboxylic acids is 1. The summed E-state index contributed by atoms with van der Waals surface area (Å²) in [6, 6.07) is 23.9. The number of nitrogens with zero attached hydrogens (tertiary/aromatic N) is 2. The minimum absolute atomic E-state index is 0.0777. The maximum absolute atomic E-state index is 12.4. The van der Waals surface area contributed by atoms with Gasteiger partial charge in [-0.25, -0.2) is 0 Å². The topological polar surface area (TPSA) is 64.1 Å². The third kappa shape index (κ3) is 5.76. The quantitative estimate of drug-likeness (QED) is 0.263. The fraction of sp³-hybridized carbons (Fsp3) is 0.136. The molecule has 2 aromatic heterocycles. The summed E-state index contributed by atoms with van der Waals surface area (Å²) in [5, 5.41) is 13.5. The van der Waals surface area contributed by atoms with Gasteiger partial charge in [0, 0.05) is 10.6 Å². The molecule has 4 rings (SSSR count). The van der Waals surface area contributed by atoms with Crippen LogP contribution in [0.25, 0.3) is 0 Å². The standard InChI is InChI=1S/C22H19N3O2S3/c26-19(23-21-24-25-22(30-21)29-15-18-12-7-13-28-18)14-27-20(16-8-3-1-4-9-16)17-10-5-2-6-11-17/h1-13,20H,14-15H2,(H,23,24,26). The Morgan fingerprint density at radius 1 is 0.967 bits per heavy atom. The molecule has 8 heteroatoms. The van der Waals surface area contributed by atoms with Crippen molar-refractivity contribution >= 4 is 45.5 Å². The molecule has 0 bridgehead atoms. The van der Waals surface area contributed by atoms with E-state index in [0.29, 0.717) is 5.13 Å². The van der Waals surface area contributed by atoms with Gasteiger partial charge >= 0.3 is 0 Å². The van der Waals surface area contributed by atoms with Gasteiger partial charge in [0.25, 0.3) is 5.91 Å². The Labute approximate surface area is 187 Å². The van der Waals surface area contributed by atoms with Crippen molar-refractivity contribution < 1.29 is 9.53 Å². The van der Waals surface area contributed by atoms with E-state index >= 15 is 0 Å². The van der Waals surface area contributed by atoms with E-state index in [4.69, 9.17) is 4.74 Å². The summed E-state index contributed by atoms with van der Waals surface area (Å²) < 4.78 is 6.82. The van der Waals surface area contributed by atoms with Crippen LogP contribution in [0.3, 0.4) is 0 Å². The molecule has 0 aliphatic rings. The van der Waals surface area contributed by atoms with Gasteiger partial charge in [-0.1, -0.05) is 89.8 Å². The van der Waals surface area contributed by atoms with E-state index in [1.807, 2.05) is 66.7 Å². The molecule has 0 fully saturated rings. The Balaban J connectivity index is 1.34. The largest absolute Gasteiger partial charge is 0.359 e. The Bertz CT molecular complexity index is 1010. The first-order valence-electron chi connectivity index (χ1n) is 9.28. The van der Waals surface area contributed by atoms with Gasteiger partial charge in [0.1, 0.15) is 12.7 Å². The molecule has 0 unspecified atom stereocenters. The first-order chi connectivity index (χ1) is 14.8. The van der Waals surface area contributed by atoms with Gasteiger partial charge in [0.05, 0.1) is 0 Å². The number of thioether (sulfide) groups is 1. The predicted octanol–water partition coefficient (Wildman–Crippen LogP) is 5.64. The Morgan fingerprint density at radius 3 is 2.30 bits per heavy atom. The molecule has 2 heterocycles. The summed E-state index contributed by atoms with van der Waals surface area (Å²) in [5.74, 6) is 0.594. The number of amides is 1. The summed E-state index contributed by atoms with van der Waals surface area (Å²) in [7, 11) is 0. The van der Waals surface area contributed by atoms with Gasteiger partial charge in [-0.3, -0.25) is 10.1 Å². The first kappa shape index (κ1) is 20.7. The fourth-order valence-electron chi connectivity index (χ4n) is 2.80. The lowest BCUT2D eigenvalue weighted by atomic mass is 10.0. The van der Waals surface area contributed by atoms with Crippen LogP contribution >= 0.6 is 34.4 Å². The molecule has 0 aliphatic heterocycles. The molecular formula is C22H19N3O2S3. The number of anilines is 1. The fourth-order valence-corrected chi connectivity index (χ4v) is 5.34. The molecule has 0 aliphatic carbocycles. The van der Waals surface area contributed by atoms with Crippen LogP contribution < -0.4 is 5.32 Å². The highest BCUT2D eigenvalue weighted by Crippen LogP contribution is 2.30. The third-order valence-corrected chi connectivity index (χ3v) is 7.24. The molecule has 2 aromatic carbocycles. The molecule has 1 amide bonds. The maximum Gasteiger partial charge on any atom is 0.252 e. The van der Waals surface area contributed by atoms with Crippen molar-refractivity contribution in [1.29, 1.82) is 0 Å². The molecule has 0 atom stereocenters. The number of hydrogen-bond acceptors (Lipinski definition) is 7. The highest BCUT2D eigenvalue weighted by atomic mass is 32.2. The highest BCUT2D eigenvalue weighted by molar-refractivity contribution is 8.00. The van der Waals surface area contributed by atoms with Crippen LogP contribution in [0.15, 0.2) is 82.5 Å². The van der Waals surface area contributed by atoms with Gasteiger partial charge in [0.2, 0.25) is 5.13 Å². The van der Waals surface area contributed by atoms with E-state index in [1.54, 1.807) is 23.1 Å². The van der Waals surface area contributed by atoms with Crippen LogP contribution in [0, 0.1) is 0 Å². The molecule has 1 N–H and O–H groups in total. The van der Waals surface area contributed by atoms with Crippen molar-refractivity contribution in [2.24, 2.45) is 0 Å². The lowest BCUT2D eigenvalue weighted by Crippen LogP contribution is -2.20. The molecule has 0 radical (unpaired) electrons. The van der Waals surface area contributed by atoms with Crippen molar-refractivity contribution in [3.63, 3.8) is 0 Å².